The maximum absolute atomic E-state index is 11.9. The van der Waals surface area contributed by atoms with Crippen molar-refractivity contribution >= 4 is 23.1 Å². The minimum atomic E-state index is -0.854. The van der Waals surface area contributed by atoms with Gasteiger partial charge in [0.15, 0.2) is 11.6 Å². The Kier molecular flexibility index (Phi) is 3.73. The van der Waals surface area contributed by atoms with E-state index in [9.17, 15) is 8.78 Å². The highest BCUT2D eigenvalue weighted by molar-refractivity contribution is 5.75. The van der Waals surface area contributed by atoms with Crippen LogP contribution in [0.5, 0.6) is 0 Å². The van der Waals surface area contributed by atoms with Gasteiger partial charge in [-0.2, -0.15) is 0 Å². The molecule has 0 atom stereocenters. The molecule has 0 saturated carbocycles. The van der Waals surface area contributed by atoms with Gasteiger partial charge in [-0.25, -0.2) is 8.78 Å². The fraction of sp³-hybridized carbons (Fsp3) is 0. The molecule has 0 spiro atoms. The minimum absolute atomic E-state index is 0. The molecular weight excluding hydrogens is 134 g/mol. The van der Waals surface area contributed by atoms with Gasteiger partial charge in [0, 0.05) is 0 Å². The third-order valence-corrected chi connectivity index (χ3v) is 0.764. The quantitative estimate of drug-likeness (QED) is 0.468. The zero-order chi connectivity index (χ0) is 5.98. The predicted octanol–water partition coefficient (Wildman–Crippen LogP) is 0.849. The van der Waals surface area contributed by atoms with Gasteiger partial charge >= 0.3 is 23.1 Å². The maximum atomic E-state index is 11.9. The van der Waals surface area contributed by atoms with Gasteiger partial charge in [0.1, 0.15) is 0 Å². The molecule has 0 aromatic heterocycles. The van der Waals surface area contributed by atoms with E-state index in [2.05, 4.69) is 6.07 Å². The van der Waals surface area contributed by atoms with Crippen LogP contribution in [-0.2, 0) is 0 Å². The van der Waals surface area contributed by atoms with Gasteiger partial charge in [-0.3, -0.25) is 0 Å². The molecule has 1 radical (unpaired) electrons. The van der Waals surface area contributed by atoms with Crippen molar-refractivity contribution in [1.29, 1.82) is 0 Å². The smallest absolute Gasteiger partial charge is 0.204 e. The van der Waals surface area contributed by atoms with Crippen LogP contribution >= 0.6 is 0 Å². The third kappa shape index (κ3) is 2.28. The van der Waals surface area contributed by atoms with E-state index in [1.165, 1.54) is 6.07 Å². The van der Waals surface area contributed by atoms with Crippen molar-refractivity contribution in [3.05, 3.63) is 35.9 Å². The molecule has 0 aliphatic rings. The zero-order valence-electron chi connectivity index (χ0n) is 3.99. The number of hydrogen-bond donors (Lipinski definition) is 0. The molecule has 0 saturated heterocycles. The van der Waals surface area contributed by atoms with Crippen LogP contribution in [-0.4, -0.2) is 23.1 Å². The van der Waals surface area contributed by atoms with Gasteiger partial charge < -0.3 is 0 Å². The first-order chi connectivity index (χ1) is 3.80. The highest BCUT2D eigenvalue weighted by Gasteiger charge is 1.93. The summed E-state index contributed by atoms with van der Waals surface area (Å²) in [6.45, 7) is 0. The topological polar surface area (TPSA) is 0 Å². The van der Waals surface area contributed by atoms with E-state index in [1.807, 2.05) is 0 Å². The Morgan fingerprint density at radius 3 is 2.22 bits per heavy atom. The van der Waals surface area contributed by atoms with Crippen LogP contribution in [0.15, 0.2) is 18.2 Å². The third-order valence-electron chi connectivity index (χ3n) is 0.764. The van der Waals surface area contributed by atoms with Crippen LogP contribution in [0.2, 0.25) is 0 Å². The van der Waals surface area contributed by atoms with Crippen molar-refractivity contribution in [2.45, 2.75) is 0 Å². The van der Waals surface area contributed by atoms with Crippen LogP contribution < -0.4 is 0 Å². The highest BCUT2D eigenvalue weighted by Crippen LogP contribution is 2.00. The maximum Gasteiger partial charge on any atom is 0.316 e. The average molecular weight is 139 g/mol. The van der Waals surface area contributed by atoms with Crippen LogP contribution in [0, 0.1) is 17.7 Å². The second-order valence-corrected chi connectivity index (χ2v) is 1.34. The summed E-state index contributed by atoms with van der Waals surface area (Å²) in [6, 6.07) is 5.68. The number of benzene rings is 1. The molecule has 0 bridgehead atoms. The first-order valence-corrected chi connectivity index (χ1v) is 2.12. The lowest BCUT2D eigenvalue weighted by molar-refractivity contribution is 0.508. The summed E-state index contributed by atoms with van der Waals surface area (Å²) in [7, 11) is 0. The highest BCUT2D eigenvalue weighted by atomic mass is 24.3. The zero-order valence-corrected chi connectivity index (χ0v) is 3.99. The molecule has 1 rings (SSSR count). The predicted molar refractivity (Wildman–Crippen MR) is 33.7 cm³/mol. The summed E-state index contributed by atoms with van der Waals surface area (Å²) < 4.78 is 23.8. The molecule has 0 amide bonds. The van der Waals surface area contributed by atoms with Crippen molar-refractivity contribution in [1.82, 2.24) is 0 Å². The van der Waals surface area contributed by atoms with E-state index < -0.39 is 11.6 Å². The SMILES string of the molecule is Fc1c[c]ccc1F.[MgH2]. The monoisotopic (exact) mass is 139 g/mol. The Morgan fingerprint density at radius 1 is 1.22 bits per heavy atom. The first kappa shape index (κ1) is 8.85. The molecule has 1 aromatic rings. The number of rotatable bonds is 0. The summed E-state index contributed by atoms with van der Waals surface area (Å²) >= 11 is 0. The van der Waals surface area contributed by atoms with Gasteiger partial charge in [-0.1, -0.05) is 6.07 Å². The van der Waals surface area contributed by atoms with Gasteiger partial charge in [-0.05, 0) is 18.2 Å². The lowest BCUT2D eigenvalue weighted by Crippen LogP contribution is -1.78. The van der Waals surface area contributed by atoms with Gasteiger partial charge in [0.2, 0.25) is 0 Å². The van der Waals surface area contributed by atoms with Crippen molar-refractivity contribution < 1.29 is 8.78 Å². The van der Waals surface area contributed by atoms with Gasteiger partial charge in [-0.15, -0.1) is 0 Å². The largest absolute Gasteiger partial charge is 0.316 e. The Bertz CT molecular complexity index is 167. The molecular formula is C6H5F2Mg. The fourth-order valence-corrected chi connectivity index (χ4v) is 0.391. The molecule has 9 heavy (non-hydrogen) atoms. The Balaban J connectivity index is 0.000000640. The Hall–Kier alpha value is -0.154. The molecule has 0 N–H and O–H groups in total. The summed E-state index contributed by atoms with van der Waals surface area (Å²) in [5, 5.41) is 0. The van der Waals surface area contributed by atoms with Crippen molar-refractivity contribution in [3.8, 4) is 0 Å². The van der Waals surface area contributed by atoms with Crippen LogP contribution in [0.25, 0.3) is 0 Å². The lowest BCUT2D eigenvalue weighted by atomic mass is 10.3. The molecule has 3 heteroatoms. The molecule has 0 heterocycles. The molecule has 0 nitrogen and oxygen atoms in total. The summed E-state index contributed by atoms with van der Waals surface area (Å²) in [4.78, 5) is 0. The molecule has 0 aliphatic carbocycles. The molecule has 45 valence electrons. The first-order valence-electron chi connectivity index (χ1n) is 2.12. The molecule has 0 aliphatic heterocycles. The Morgan fingerprint density at radius 2 is 1.89 bits per heavy atom. The second-order valence-electron chi connectivity index (χ2n) is 1.34. The standard InChI is InChI=1S/C6H3F2.Mg.2H/c7-5-3-1-2-4-6(5)8;;;/h1,3-4H;;;. The van der Waals surface area contributed by atoms with Crippen molar-refractivity contribution in [2.75, 3.05) is 0 Å². The molecule has 1 aromatic carbocycles. The van der Waals surface area contributed by atoms with Crippen LogP contribution in [0.4, 0.5) is 8.78 Å². The number of hydrogen-bond acceptors (Lipinski definition) is 0. The minimum Gasteiger partial charge on any atom is -0.204 e. The van der Waals surface area contributed by atoms with Crippen LogP contribution in [0.3, 0.4) is 0 Å². The summed E-state index contributed by atoms with van der Waals surface area (Å²) in [6.07, 6.45) is 0. The van der Waals surface area contributed by atoms with E-state index in [0.717, 1.165) is 12.1 Å². The summed E-state index contributed by atoms with van der Waals surface area (Å²) in [5.41, 5.74) is 0. The number of halogens is 2. The van der Waals surface area contributed by atoms with Gasteiger partial charge in [0.25, 0.3) is 0 Å². The van der Waals surface area contributed by atoms with Crippen molar-refractivity contribution in [3.63, 3.8) is 0 Å². The molecule has 0 fully saturated rings. The van der Waals surface area contributed by atoms with E-state index in [0.29, 0.717) is 0 Å². The van der Waals surface area contributed by atoms with E-state index in [1.54, 1.807) is 0 Å². The molecule has 0 unspecified atom stereocenters. The second kappa shape index (κ2) is 3.79. The van der Waals surface area contributed by atoms with Gasteiger partial charge in [0.05, 0.1) is 0 Å². The van der Waals surface area contributed by atoms with E-state index >= 15 is 0 Å². The normalized spacial score (nSPS) is 8.22. The fourth-order valence-electron chi connectivity index (χ4n) is 0.391. The average Bonchev–Trinajstić information content (AvgIpc) is 1.77. The van der Waals surface area contributed by atoms with E-state index in [4.69, 9.17) is 0 Å². The lowest BCUT2D eigenvalue weighted by Gasteiger charge is -1.84. The van der Waals surface area contributed by atoms with E-state index in [-0.39, 0.29) is 23.1 Å². The Labute approximate surface area is 68.0 Å². The summed E-state index contributed by atoms with van der Waals surface area (Å²) in [5.74, 6) is -1.68. The van der Waals surface area contributed by atoms with Crippen molar-refractivity contribution in [2.24, 2.45) is 0 Å². The van der Waals surface area contributed by atoms with Crippen LogP contribution in [0.1, 0.15) is 0 Å².